The lowest BCUT2D eigenvalue weighted by Crippen LogP contribution is -2.37. The van der Waals surface area contributed by atoms with Crippen molar-refractivity contribution >= 4 is 35.8 Å². The molecule has 1 heterocycles. The lowest BCUT2D eigenvalue weighted by atomic mass is 10.3. The van der Waals surface area contributed by atoms with Crippen LogP contribution >= 0.6 is 15.9 Å². The standard InChI is InChI=1S/C12H16BrNO5S2/c1-14(10-5-6-20(15,16)8-10)21(17,18)12-7-9(13)3-4-11(12)19-2/h3-4,7,10H,5-6,8H2,1-2H3/t10-/m0/s1. The molecule has 0 N–H and O–H groups in total. The van der Waals surface area contributed by atoms with Crippen LogP contribution in [-0.4, -0.2) is 52.8 Å². The van der Waals surface area contributed by atoms with Crippen LogP contribution in [0.5, 0.6) is 5.75 Å². The molecule has 21 heavy (non-hydrogen) atoms. The molecule has 2 rings (SSSR count). The predicted molar refractivity (Wildman–Crippen MR) is 82.7 cm³/mol. The summed E-state index contributed by atoms with van der Waals surface area (Å²) in [5.74, 6) is 0.109. The van der Waals surface area contributed by atoms with E-state index in [-0.39, 0.29) is 22.2 Å². The van der Waals surface area contributed by atoms with E-state index in [1.807, 2.05) is 0 Å². The topological polar surface area (TPSA) is 80.8 Å². The molecule has 0 amide bonds. The van der Waals surface area contributed by atoms with Crippen LogP contribution in [0.3, 0.4) is 0 Å². The van der Waals surface area contributed by atoms with Crippen LogP contribution in [0, 0.1) is 0 Å². The van der Waals surface area contributed by atoms with E-state index >= 15 is 0 Å². The van der Waals surface area contributed by atoms with Crippen molar-refractivity contribution in [3.8, 4) is 5.75 Å². The number of halogens is 1. The highest BCUT2D eigenvalue weighted by molar-refractivity contribution is 9.10. The third-order valence-electron chi connectivity index (χ3n) is 3.51. The number of sulfone groups is 1. The highest BCUT2D eigenvalue weighted by Gasteiger charge is 2.37. The number of ether oxygens (including phenoxy) is 1. The molecular weight excluding hydrogens is 382 g/mol. The van der Waals surface area contributed by atoms with Gasteiger partial charge in [0.2, 0.25) is 10.0 Å². The van der Waals surface area contributed by atoms with Crippen LogP contribution in [-0.2, 0) is 19.9 Å². The van der Waals surface area contributed by atoms with Gasteiger partial charge in [0, 0.05) is 17.6 Å². The summed E-state index contributed by atoms with van der Waals surface area (Å²) in [4.78, 5) is 0.0196. The van der Waals surface area contributed by atoms with Gasteiger partial charge in [-0.3, -0.25) is 0 Å². The molecule has 118 valence electrons. The molecule has 0 aliphatic carbocycles. The molecule has 0 radical (unpaired) electrons. The Hall–Kier alpha value is -0.640. The van der Waals surface area contributed by atoms with E-state index in [1.165, 1.54) is 20.2 Å². The zero-order chi connectivity index (χ0) is 15.8. The van der Waals surface area contributed by atoms with Gasteiger partial charge in [-0.2, -0.15) is 4.31 Å². The van der Waals surface area contributed by atoms with Gasteiger partial charge in [0.1, 0.15) is 10.6 Å². The van der Waals surface area contributed by atoms with E-state index in [1.54, 1.807) is 12.1 Å². The summed E-state index contributed by atoms with van der Waals surface area (Å²) in [6.07, 6.45) is 0.314. The van der Waals surface area contributed by atoms with E-state index in [2.05, 4.69) is 15.9 Å². The highest BCUT2D eigenvalue weighted by Crippen LogP contribution is 2.31. The predicted octanol–water partition coefficient (Wildman–Crippen LogP) is 1.27. The van der Waals surface area contributed by atoms with Gasteiger partial charge >= 0.3 is 0 Å². The molecule has 1 atom stereocenters. The van der Waals surface area contributed by atoms with E-state index in [0.717, 1.165) is 4.31 Å². The summed E-state index contributed by atoms with van der Waals surface area (Å²) in [5.41, 5.74) is 0. The fourth-order valence-electron chi connectivity index (χ4n) is 2.27. The smallest absolute Gasteiger partial charge is 0.246 e. The van der Waals surface area contributed by atoms with Gasteiger partial charge in [0.05, 0.1) is 18.6 Å². The fourth-order valence-corrected chi connectivity index (χ4v) is 6.21. The molecule has 0 aromatic heterocycles. The number of rotatable bonds is 4. The zero-order valence-corrected chi connectivity index (χ0v) is 14.8. The van der Waals surface area contributed by atoms with Crippen molar-refractivity contribution in [2.75, 3.05) is 25.7 Å². The van der Waals surface area contributed by atoms with Crippen LogP contribution < -0.4 is 4.74 Å². The molecule has 1 aliphatic heterocycles. The van der Waals surface area contributed by atoms with Crippen molar-refractivity contribution in [2.24, 2.45) is 0 Å². The number of methoxy groups -OCH3 is 1. The van der Waals surface area contributed by atoms with E-state index < -0.39 is 25.9 Å². The molecule has 1 aromatic carbocycles. The third-order valence-corrected chi connectivity index (χ3v) is 7.68. The van der Waals surface area contributed by atoms with Gasteiger partial charge in [-0.05, 0) is 24.6 Å². The second-order valence-electron chi connectivity index (χ2n) is 4.87. The maximum Gasteiger partial charge on any atom is 0.246 e. The first-order chi connectivity index (χ1) is 9.67. The van der Waals surface area contributed by atoms with E-state index in [9.17, 15) is 16.8 Å². The van der Waals surface area contributed by atoms with Gasteiger partial charge in [-0.25, -0.2) is 16.8 Å². The van der Waals surface area contributed by atoms with E-state index in [0.29, 0.717) is 10.9 Å². The lowest BCUT2D eigenvalue weighted by molar-refractivity contribution is 0.380. The minimum atomic E-state index is -3.82. The summed E-state index contributed by atoms with van der Waals surface area (Å²) in [6.45, 7) is 0. The Balaban J connectivity index is 2.40. The lowest BCUT2D eigenvalue weighted by Gasteiger charge is -2.23. The minimum Gasteiger partial charge on any atom is -0.495 e. The highest BCUT2D eigenvalue weighted by atomic mass is 79.9. The average molecular weight is 398 g/mol. The van der Waals surface area contributed by atoms with Crippen molar-refractivity contribution in [2.45, 2.75) is 17.4 Å². The van der Waals surface area contributed by atoms with Gasteiger partial charge in [-0.1, -0.05) is 15.9 Å². The van der Waals surface area contributed by atoms with Crippen LogP contribution in [0.4, 0.5) is 0 Å². The number of hydrogen-bond donors (Lipinski definition) is 0. The molecule has 0 unspecified atom stereocenters. The summed E-state index contributed by atoms with van der Waals surface area (Å²) in [6, 6.07) is 4.14. The molecule has 6 nitrogen and oxygen atoms in total. The first-order valence-electron chi connectivity index (χ1n) is 6.19. The van der Waals surface area contributed by atoms with Gasteiger partial charge in [-0.15, -0.1) is 0 Å². The molecule has 1 aliphatic rings. The zero-order valence-electron chi connectivity index (χ0n) is 11.6. The van der Waals surface area contributed by atoms with Crippen molar-refractivity contribution in [1.29, 1.82) is 0 Å². The Bertz CT molecular complexity index is 745. The largest absolute Gasteiger partial charge is 0.495 e. The maximum absolute atomic E-state index is 12.7. The average Bonchev–Trinajstić information content (AvgIpc) is 2.78. The maximum atomic E-state index is 12.7. The van der Waals surface area contributed by atoms with Gasteiger partial charge in [0.25, 0.3) is 0 Å². The molecular formula is C12H16BrNO5S2. The second kappa shape index (κ2) is 5.86. The first kappa shape index (κ1) is 16.7. The molecule has 0 bridgehead atoms. The molecule has 1 aromatic rings. The van der Waals surface area contributed by atoms with Crippen molar-refractivity contribution in [3.05, 3.63) is 22.7 Å². The Morgan fingerprint density at radius 3 is 2.57 bits per heavy atom. The minimum absolute atomic E-state index is 0.0196. The summed E-state index contributed by atoms with van der Waals surface area (Å²) in [5, 5.41) is 0. The van der Waals surface area contributed by atoms with Crippen LogP contribution in [0.1, 0.15) is 6.42 Å². The van der Waals surface area contributed by atoms with Crippen molar-refractivity contribution in [1.82, 2.24) is 4.31 Å². The summed E-state index contributed by atoms with van der Waals surface area (Å²) < 4.78 is 55.3. The summed E-state index contributed by atoms with van der Waals surface area (Å²) in [7, 11) is -4.18. The number of benzene rings is 1. The molecule has 1 fully saturated rings. The van der Waals surface area contributed by atoms with Crippen LogP contribution in [0.25, 0.3) is 0 Å². The van der Waals surface area contributed by atoms with Gasteiger partial charge < -0.3 is 4.74 Å². The van der Waals surface area contributed by atoms with Crippen molar-refractivity contribution in [3.63, 3.8) is 0 Å². The fraction of sp³-hybridized carbons (Fsp3) is 0.500. The van der Waals surface area contributed by atoms with Crippen LogP contribution in [0.15, 0.2) is 27.6 Å². The summed E-state index contributed by atoms with van der Waals surface area (Å²) >= 11 is 3.23. The Morgan fingerprint density at radius 1 is 1.38 bits per heavy atom. The first-order valence-corrected chi connectivity index (χ1v) is 10.2. The number of nitrogens with zero attached hydrogens (tertiary/aromatic N) is 1. The monoisotopic (exact) mass is 397 g/mol. The molecule has 1 saturated heterocycles. The van der Waals surface area contributed by atoms with Crippen LogP contribution in [0.2, 0.25) is 0 Å². The quantitative estimate of drug-likeness (QED) is 0.763. The normalized spacial score (nSPS) is 21.6. The number of hydrogen-bond acceptors (Lipinski definition) is 5. The number of sulfonamides is 1. The van der Waals surface area contributed by atoms with Gasteiger partial charge in [0.15, 0.2) is 9.84 Å². The Morgan fingerprint density at radius 2 is 2.05 bits per heavy atom. The third kappa shape index (κ3) is 3.41. The Labute approximate surface area is 133 Å². The van der Waals surface area contributed by atoms with E-state index in [4.69, 9.17) is 4.74 Å². The SMILES string of the molecule is COc1ccc(Br)cc1S(=O)(=O)N(C)[C@H]1CCS(=O)(=O)C1. The molecule has 9 heteroatoms. The second-order valence-corrected chi connectivity index (χ2v) is 9.98. The molecule has 0 saturated carbocycles. The van der Waals surface area contributed by atoms with Crippen molar-refractivity contribution < 1.29 is 21.6 Å². The molecule has 0 spiro atoms. The Kier molecular flexibility index (Phi) is 4.67.